The van der Waals surface area contributed by atoms with Crippen molar-refractivity contribution in [1.29, 1.82) is 0 Å². The summed E-state index contributed by atoms with van der Waals surface area (Å²) in [6.45, 7) is 11.3. The Balaban J connectivity index is 2.36. The molecule has 0 saturated heterocycles. The molecule has 0 amide bonds. The predicted octanol–water partition coefficient (Wildman–Crippen LogP) is 4.47. The lowest BCUT2D eigenvalue weighted by atomic mass is 9.45. The third-order valence-corrected chi connectivity index (χ3v) is 6.56. The van der Waals surface area contributed by atoms with Gasteiger partial charge in [-0.2, -0.15) is 0 Å². The number of aliphatic hydroxyl groups excluding tert-OH is 1. The molecular weight excluding hydrogens is 272 g/mol. The zero-order valence-electron chi connectivity index (χ0n) is 15.0. The normalized spacial score (nSPS) is 42.4. The van der Waals surface area contributed by atoms with E-state index in [4.69, 9.17) is 5.11 Å². The summed E-state index contributed by atoms with van der Waals surface area (Å²) in [7, 11) is 0. The molecule has 2 N–H and O–H groups in total. The highest BCUT2D eigenvalue weighted by Gasteiger charge is 2.57. The average Bonchev–Trinajstić information content (AvgIpc) is 2.36. The van der Waals surface area contributed by atoms with Gasteiger partial charge < -0.3 is 10.2 Å². The van der Waals surface area contributed by atoms with Gasteiger partial charge in [-0.25, -0.2) is 0 Å². The van der Waals surface area contributed by atoms with Crippen LogP contribution in [0.4, 0.5) is 0 Å². The summed E-state index contributed by atoms with van der Waals surface area (Å²) in [4.78, 5) is 0. The molecule has 2 aliphatic carbocycles. The van der Waals surface area contributed by atoms with Crippen molar-refractivity contribution in [2.75, 3.05) is 6.61 Å². The van der Waals surface area contributed by atoms with Crippen LogP contribution in [0, 0.1) is 22.7 Å². The number of hydrogen-bond donors (Lipinski definition) is 2. The molecule has 4 unspecified atom stereocenters. The summed E-state index contributed by atoms with van der Waals surface area (Å²) in [6.07, 6.45) is 11.9. The van der Waals surface area contributed by atoms with Gasteiger partial charge in [0.1, 0.15) is 0 Å². The number of rotatable bonds is 3. The largest absolute Gasteiger partial charge is 0.392 e. The fourth-order valence-electron chi connectivity index (χ4n) is 5.45. The Labute approximate surface area is 136 Å². The summed E-state index contributed by atoms with van der Waals surface area (Å²) in [5, 5.41) is 20.1. The topological polar surface area (TPSA) is 40.5 Å². The maximum Gasteiger partial charge on any atom is 0.0687 e. The zero-order chi connectivity index (χ0) is 16.6. The van der Waals surface area contributed by atoms with Crippen LogP contribution in [0.25, 0.3) is 0 Å². The molecule has 0 bridgehead atoms. The second kappa shape index (κ2) is 6.13. The van der Waals surface area contributed by atoms with E-state index in [9.17, 15) is 5.11 Å². The summed E-state index contributed by atoms with van der Waals surface area (Å²) >= 11 is 0. The molecule has 2 fully saturated rings. The lowest BCUT2D eigenvalue weighted by molar-refractivity contribution is -0.149. The second-order valence-corrected chi connectivity index (χ2v) is 8.76. The minimum Gasteiger partial charge on any atom is -0.392 e. The van der Waals surface area contributed by atoms with Gasteiger partial charge in [0.2, 0.25) is 0 Å². The standard InChI is InChI=1S/C20H34O2/c1-15(10-14-21)7-8-17-19(4)12-6-11-18(2,3)16(19)9-13-20(17,5)22/h7-8,10,16-17,21-22H,6,9,11-14H2,1-5H3. The molecule has 2 saturated carbocycles. The highest BCUT2D eigenvalue weighted by atomic mass is 16.3. The van der Waals surface area contributed by atoms with Gasteiger partial charge in [0, 0.05) is 5.92 Å². The van der Waals surface area contributed by atoms with Gasteiger partial charge in [-0.3, -0.25) is 0 Å². The Kier molecular flexibility index (Phi) is 4.94. The first-order valence-electron chi connectivity index (χ1n) is 8.82. The van der Waals surface area contributed by atoms with Gasteiger partial charge in [-0.15, -0.1) is 0 Å². The average molecular weight is 306 g/mol. The van der Waals surface area contributed by atoms with Gasteiger partial charge in [0.25, 0.3) is 0 Å². The minimum absolute atomic E-state index is 0.0736. The van der Waals surface area contributed by atoms with E-state index in [0.717, 1.165) is 18.4 Å². The van der Waals surface area contributed by atoms with Crippen LogP contribution in [-0.4, -0.2) is 22.4 Å². The van der Waals surface area contributed by atoms with Crippen molar-refractivity contribution in [1.82, 2.24) is 0 Å². The summed E-state index contributed by atoms with van der Waals surface area (Å²) < 4.78 is 0. The smallest absolute Gasteiger partial charge is 0.0687 e. The number of fused-ring (bicyclic) bond motifs is 1. The Morgan fingerprint density at radius 3 is 2.45 bits per heavy atom. The molecule has 2 rings (SSSR count). The fourth-order valence-corrected chi connectivity index (χ4v) is 5.45. The Morgan fingerprint density at radius 2 is 1.82 bits per heavy atom. The second-order valence-electron chi connectivity index (χ2n) is 8.76. The molecule has 0 radical (unpaired) electrons. The predicted molar refractivity (Wildman–Crippen MR) is 92.6 cm³/mol. The fraction of sp³-hybridized carbons (Fsp3) is 0.800. The highest BCUT2D eigenvalue weighted by molar-refractivity contribution is 5.21. The first-order chi connectivity index (χ1) is 10.1. The molecule has 0 aromatic heterocycles. The number of aliphatic hydroxyl groups is 2. The molecule has 0 aromatic rings. The summed E-state index contributed by atoms with van der Waals surface area (Å²) in [6, 6.07) is 0. The van der Waals surface area contributed by atoms with Crippen molar-refractivity contribution in [3.8, 4) is 0 Å². The molecule has 2 heteroatoms. The first-order valence-corrected chi connectivity index (χ1v) is 8.82. The van der Waals surface area contributed by atoms with Gasteiger partial charge in [-0.1, -0.05) is 51.0 Å². The quantitative estimate of drug-likeness (QED) is 0.755. The van der Waals surface area contributed by atoms with Crippen molar-refractivity contribution in [3.63, 3.8) is 0 Å². The molecule has 0 aromatic carbocycles. The molecule has 0 aliphatic heterocycles. The number of allylic oxidation sites excluding steroid dienone is 2. The van der Waals surface area contributed by atoms with Crippen LogP contribution in [0.15, 0.2) is 23.8 Å². The highest BCUT2D eigenvalue weighted by Crippen LogP contribution is 2.62. The molecule has 0 spiro atoms. The Bertz CT molecular complexity index is 458. The maximum absolute atomic E-state index is 11.0. The molecule has 126 valence electrons. The Morgan fingerprint density at radius 1 is 1.14 bits per heavy atom. The Hall–Kier alpha value is -0.600. The van der Waals surface area contributed by atoms with Crippen LogP contribution < -0.4 is 0 Å². The van der Waals surface area contributed by atoms with E-state index in [0.29, 0.717) is 11.3 Å². The minimum atomic E-state index is -0.630. The molecular formula is C20H34O2. The first kappa shape index (κ1) is 17.7. The van der Waals surface area contributed by atoms with E-state index < -0.39 is 5.60 Å². The van der Waals surface area contributed by atoms with Crippen LogP contribution >= 0.6 is 0 Å². The van der Waals surface area contributed by atoms with E-state index in [2.05, 4.69) is 32.9 Å². The summed E-state index contributed by atoms with van der Waals surface area (Å²) in [5.41, 5.74) is 0.971. The van der Waals surface area contributed by atoms with Crippen LogP contribution in [-0.2, 0) is 0 Å². The van der Waals surface area contributed by atoms with Crippen LogP contribution in [0.2, 0.25) is 0 Å². The molecule has 22 heavy (non-hydrogen) atoms. The molecule has 4 atom stereocenters. The van der Waals surface area contributed by atoms with Crippen molar-refractivity contribution >= 4 is 0 Å². The van der Waals surface area contributed by atoms with E-state index >= 15 is 0 Å². The molecule has 2 nitrogen and oxygen atoms in total. The monoisotopic (exact) mass is 306 g/mol. The maximum atomic E-state index is 11.0. The third kappa shape index (κ3) is 3.19. The van der Waals surface area contributed by atoms with Gasteiger partial charge in [-0.05, 0) is 56.3 Å². The number of hydrogen-bond acceptors (Lipinski definition) is 2. The van der Waals surface area contributed by atoms with Gasteiger partial charge >= 0.3 is 0 Å². The molecule has 2 aliphatic rings. The lowest BCUT2D eigenvalue weighted by Crippen LogP contribution is -2.56. The van der Waals surface area contributed by atoms with Crippen LogP contribution in [0.5, 0.6) is 0 Å². The van der Waals surface area contributed by atoms with Crippen LogP contribution in [0.1, 0.15) is 66.7 Å². The zero-order valence-corrected chi connectivity index (χ0v) is 15.0. The van der Waals surface area contributed by atoms with E-state index in [1.807, 2.05) is 19.9 Å². The van der Waals surface area contributed by atoms with Gasteiger partial charge in [0.15, 0.2) is 0 Å². The third-order valence-electron chi connectivity index (χ3n) is 6.56. The molecule has 0 heterocycles. The SMILES string of the molecule is CC(C=CC1C(C)(O)CCC2C(C)(C)CCCC21C)=CCO. The van der Waals surface area contributed by atoms with Crippen LogP contribution in [0.3, 0.4) is 0 Å². The van der Waals surface area contributed by atoms with E-state index in [-0.39, 0.29) is 17.9 Å². The van der Waals surface area contributed by atoms with E-state index in [1.54, 1.807) is 0 Å². The van der Waals surface area contributed by atoms with Crippen molar-refractivity contribution < 1.29 is 10.2 Å². The lowest BCUT2D eigenvalue weighted by Gasteiger charge is -2.60. The van der Waals surface area contributed by atoms with Crippen molar-refractivity contribution in [2.24, 2.45) is 22.7 Å². The van der Waals surface area contributed by atoms with E-state index in [1.165, 1.54) is 19.3 Å². The van der Waals surface area contributed by atoms with Gasteiger partial charge in [0.05, 0.1) is 12.2 Å². The van der Waals surface area contributed by atoms with Crippen molar-refractivity contribution in [2.45, 2.75) is 72.3 Å². The van der Waals surface area contributed by atoms with Crippen molar-refractivity contribution in [3.05, 3.63) is 23.8 Å². The summed E-state index contributed by atoms with van der Waals surface area (Å²) in [5.74, 6) is 0.853.